The molecule has 0 radical (unpaired) electrons. The number of H-pyrrole nitrogens is 1. The Labute approximate surface area is 145 Å². The molecule has 6 nitrogen and oxygen atoms in total. The zero-order valence-corrected chi connectivity index (χ0v) is 13.8. The minimum atomic E-state index is -0.296. The average Bonchev–Trinajstić information content (AvgIpc) is 3.16. The molecule has 0 saturated carbocycles. The number of ether oxygens (including phenoxy) is 1. The van der Waals surface area contributed by atoms with Crippen LogP contribution in [-0.4, -0.2) is 39.4 Å². The fraction of sp³-hybridized carbons (Fsp3) is 0.211. The van der Waals surface area contributed by atoms with E-state index in [0.717, 1.165) is 23.5 Å². The van der Waals surface area contributed by atoms with E-state index in [4.69, 9.17) is 4.74 Å². The summed E-state index contributed by atoms with van der Waals surface area (Å²) in [6.07, 6.45) is 4.17. The summed E-state index contributed by atoms with van der Waals surface area (Å²) >= 11 is 0. The number of nitrogens with zero attached hydrogens (tertiary/aromatic N) is 3. The molecule has 2 aromatic heterocycles. The standard InChI is InChI=1S/C19H18N4O2/c1-25-14-6-4-5-13(11-14)19(24)23-10-8-15-17(22-12-21-15)18(23)16-7-2-3-9-20-16/h2-7,9,11-12,18H,8,10H2,1H3,(H,21,22). The molecule has 1 unspecified atom stereocenters. The number of hydrogen-bond donors (Lipinski definition) is 1. The van der Waals surface area contributed by atoms with Gasteiger partial charge in [0.05, 0.1) is 24.8 Å². The number of aromatic amines is 1. The van der Waals surface area contributed by atoms with Gasteiger partial charge in [-0.2, -0.15) is 0 Å². The molecular formula is C19H18N4O2. The van der Waals surface area contributed by atoms with Gasteiger partial charge in [-0.1, -0.05) is 12.1 Å². The molecule has 1 aliphatic rings. The molecule has 3 heterocycles. The second kappa shape index (κ2) is 6.39. The van der Waals surface area contributed by atoms with Crippen molar-refractivity contribution in [3.63, 3.8) is 0 Å². The van der Waals surface area contributed by atoms with Crippen LogP contribution in [0.3, 0.4) is 0 Å². The Balaban J connectivity index is 1.76. The van der Waals surface area contributed by atoms with E-state index in [1.165, 1.54) is 0 Å². The number of methoxy groups -OCH3 is 1. The van der Waals surface area contributed by atoms with Gasteiger partial charge in [0.1, 0.15) is 11.8 Å². The largest absolute Gasteiger partial charge is 0.497 e. The van der Waals surface area contributed by atoms with E-state index in [9.17, 15) is 4.79 Å². The normalized spacial score (nSPS) is 16.4. The molecule has 1 aliphatic heterocycles. The number of carbonyl (C=O) groups excluding carboxylic acids is 1. The van der Waals surface area contributed by atoms with Crippen LogP contribution in [-0.2, 0) is 6.42 Å². The maximum Gasteiger partial charge on any atom is 0.254 e. The number of nitrogens with one attached hydrogen (secondary N) is 1. The second-order valence-corrected chi connectivity index (χ2v) is 5.90. The zero-order chi connectivity index (χ0) is 17.2. The molecule has 1 aromatic carbocycles. The summed E-state index contributed by atoms with van der Waals surface area (Å²) in [5.74, 6) is 0.612. The maximum atomic E-state index is 13.2. The minimum Gasteiger partial charge on any atom is -0.497 e. The van der Waals surface area contributed by atoms with Crippen LogP contribution in [0.2, 0.25) is 0 Å². The number of hydrogen-bond acceptors (Lipinski definition) is 4. The number of benzene rings is 1. The summed E-state index contributed by atoms with van der Waals surface area (Å²) in [6.45, 7) is 0.604. The highest BCUT2D eigenvalue weighted by molar-refractivity contribution is 5.95. The van der Waals surface area contributed by atoms with Crippen molar-refractivity contribution in [2.75, 3.05) is 13.7 Å². The van der Waals surface area contributed by atoms with Crippen molar-refractivity contribution < 1.29 is 9.53 Å². The van der Waals surface area contributed by atoms with Gasteiger partial charge in [0, 0.05) is 30.4 Å². The van der Waals surface area contributed by atoms with Crippen LogP contribution in [0.1, 0.15) is 33.5 Å². The van der Waals surface area contributed by atoms with Gasteiger partial charge in [0.25, 0.3) is 5.91 Å². The summed E-state index contributed by atoms with van der Waals surface area (Å²) in [4.78, 5) is 27.1. The van der Waals surface area contributed by atoms with E-state index in [1.54, 1.807) is 31.8 Å². The lowest BCUT2D eigenvalue weighted by Crippen LogP contribution is -2.41. The number of imidazole rings is 1. The van der Waals surface area contributed by atoms with Crippen LogP contribution in [0.25, 0.3) is 0 Å². The third-order valence-corrected chi connectivity index (χ3v) is 4.47. The summed E-state index contributed by atoms with van der Waals surface area (Å²) in [6, 6.07) is 12.7. The van der Waals surface area contributed by atoms with Gasteiger partial charge in [-0.15, -0.1) is 0 Å². The highest BCUT2D eigenvalue weighted by atomic mass is 16.5. The molecule has 4 rings (SSSR count). The van der Waals surface area contributed by atoms with Crippen LogP contribution in [0.4, 0.5) is 0 Å². The summed E-state index contributed by atoms with van der Waals surface area (Å²) in [5, 5.41) is 0. The van der Waals surface area contributed by atoms with E-state index in [-0.39, 0.29) is 11.9 Å². The Kier molecular flexibility index (Phi) is 3.93. The molecule has 1 N–H and O–H groups in total. The smallest absolute Gasteiger partial charge is 0.254 e. The maximum absolute atomic E-state index is 13.2. The Morgan fingerprint density at radius 1 is 1.24 bits per heavy atom. The number of pyridine rings is 1. The van der Waals surface area contributed by atoms with Crippen LogP contribution in [0, 0.1) is 0 Å². The molecule has 1 amide bonds. The van der Waals surface area contributed by atoms with E-state index in [1.807, 2.05) is 35.2 Å². The van der Waals surface area contributed by atoms with Crippen LogP contribution >= 0.6 is 0 Å². The Morgan fingerprint density at radius 2 is 2.16 bits per heavy atom. The van der Waals surface area contributed by atoms with E-state index < -0.39 is 0 Å². The lowest BCUT2D eigenvalue weighted by atomic mass is 9.98. The number of carbonyl (C=O) groups is 1. The monoisotopic (exact) mass is 334 g/mol. The molecule has 6 heteroatoms. The molecule has 3 aromatic rings. The van der Waals surface area contributed by atoms with Crippen LogP contribution < -0.4 is 4.74 Å². The Bertz CT molecular complexity index is 891. The zero-order valence-electron chi connectivity index (χ0n) is 13.8. The lowest BCUT2D eigenvalue weighted by molar-refractivity contribution is 0.0687. The minimum absolute atomic E-state index is 0.0526. The van der Waals surface area contributed by atoms with Crippen molar-refractivity contribution in [2.24, 2.45) is 0 Å². The summed E-state index contributed by atoms with van der Waals surface area (Å²) in [7, 11) is 1.59. The Hall–Kier alpha value is -3.15. The molecule has 0 aliphatic carbocycles. The second-order valence-electron chi connectivity index (χ2n) is 5.90. The van der Waals surface area contributed by atoms with Crippen molar-refractivity contribution >= 4 is 5.91 Å². The third kappa shape index (κ3) is 2.76. The number of rotatable bonds is 3. The Morgan fingerprint density at radius 3 is 2.96 bits per heavy atom. The van der Waals surface area contributed by atoms with Crippen LogP contribution in [0.5, 0.6) is 5.75 Å². The molecule has 0 saturated heterocycles. The molecule has 25 heavy (non-hydrogen) atoms. The number of fused-ring (bicyclic) bond motifs is 1. The van der Waals surface area contributed by atoms with Crippen molar-refractivity contribution in [3.05, 3.63) is 77.6 Å². The SMILES string of the molecule is COc1cccc(C(=O)N2CCc3[nH]cnc3C2c2ccccn2)c1. The molecule has 0 bridgehead atoms. The van der Waals surface area contributed by atoms with Crippen molar-refractivity contribution in [2.45, 2.75) is 12.5 Å². The molecular weight excluding hydrogens is 316 g/mol. The van der Waals surface area contributed by atoms with Gasteiger partial charge in [-0.3, -0.25) is 9.78 Å². The molecule has 126 valence electrons. The summed E-state index contributed by atoms with van der Waals surface area (Å²) < 4.78 is 5.25. The average molecular weight is 334 g/mol. The van der Waals surface area contributed by atoms with E-state index >= 15 is 0 Å². The molecule has 1 atom stereocenters. The third-order valence-electron chi connectivity index (χ3n) is 4.47. The van der Waals surface area contributed by atoms with Gasteiger partial charge in [0.2, 0.25) is 0 Å². The topological polar surface area (TPSA) is 71.1 Å². The van der Waals surface area contributed by atoms with Gasteiger partial charge in [-0.25, -0.2) is 4.98 Å². The predicted molar refractivity (Wildman–Crippen MR) is 92.4 cm³/mol. The quantitative estimate of drug-likeness (QED) is 0.799. The first-order chi connectivity index (χ1) is 12.3. The first-order valence-electron chi connectivity index (χ1n) is 8.16. The lowest BCUT2D eigenvalue weighted by Gasteiger charge is -2.34. The van der Waals surface area contributed by atoms with Crippen molar-refractivity contribution in [3.8, 4) is 5.75 Å². The van der Waals surface area contributed by atoms with Gasteiger partial charge >= 0.3 is 0 Å². The first-order valence-corrected chi connectivity index (χ1v) is 8.16. The molecule has 0 spiro atoms. The summed E-state index contributed by atoms with van der Waals surface area (Å²) in [5.41, 5.74) is 3.33. The number of aromatic nitrogens is 3. The first kappa shape index (κ1) is 15.4. The fourth-order valence-electron chi connectivity index (χ4n) is 3.25. The highest BCUT2D eigenvalue weighted by Crippen LogP contribution is 2.33. The van der Waals surface area contributed by atoms with E-state index in [2.05, 4.69) is 15.0 Å². The van der Waals surface area contributed by atoms with Gasteiger partial charge in [0.15, 0.2) is 0 Å². The fourth-order valence-corrected chi connectivity index (χ4v) is 3.25. The number of amides is 1. The predicted octanol–water partition coefficient (Wildman–Crippen LogP) is 2.60. The molecule has 0 fully saturated rings. The van der Waals surface area contributed by atoms with E-state index in [0.29, 0.717) is 17.9 Å². The highest BCUT2D eigenvalue weighted by Gasteiger charge is 2.35. The van der Waals surface area contributed by atoms with Crippen LogP contribution in [0.15, 0.2) is 55.0 Å². The van der Waals surface area contributed by atoms with Gasteiger partial charge < -0.3 is 14.6 Å². The van der Waals surface area contributed by atoms with Gasteiger partial charge in [-0.05, 0) is 30.3 Å². The van der Waals surface area contributed by atoms with Crippen molar-refractivity contribution in [1.82, 2.24) is 19.9 Å². The van der Waals surface area contributed by atoms with Crippen molar-refractivity contribution in [1.29, 1.82) is 0 Å².